The van der Waals surface area contributed by atoms with Crippen LogP contribution in [0.15, 0.2) is 72.8 Å². The molecule has 2 amide bonds. The molecule has 2 aromatic heterocycles. The van der Waals surface area contributed by atoms with Gasteiger partial charge in [0.25, 0.3) is 11.8 Å². The van der Waals surface area contributed by atoms with Crippen molar-refractivity contribution in [3.63, 3.8) is 0 Å². The van der Waals surface area contributed by atoms with E-state index in [9.17, 15) is 9.59 Å². The lowest BCUT2D eigenvalue weighted by molar-refractivity contribution is 0.0737. The van der Waals surface area contributed by atoms with Gasteiger partial charge in [-0.25, -0.2) is 9.97 Å². The number of nitrogens with zero attached hydrogens (tertiary/aromatic N) is 8. The summed E-state index contributed by atoms with van der Waals surface area (Å²) in [6, 6.07) is 23.1. The Bertz CT molecular complexity index is 2790. The molecule has 0 spiro atoms. The normalized spacial score (nSPS) is 13.6. The second kappa shape index (κ2) is 33.4. The number of methoxy groups -OCH3 is 4. The molecule has 4 heterocycles. The number of hydrogen-bond acceptors (Lipinski definition) is 18. The number of aromatic nitrogens is 4. The van der Waals surface area contributed by atoms with E-state index in [1.54, 1.807) is 40.6 Å². The third-order valence-corrected chi connectivity index (χ3v) is 15.6. The van der Waals surface area contributed by atoms with Gasteiger partial charge in [0.15, 0.2) is 23.0 Å². The first-order valence-electron chi connectivity index (χ1n) is 29.6. The highest BCUT2D eigenvalue weighted by Gasteiger charge is 2.28. The Kier molecular flexibility index (Phi) is 25.6. The van der Waals surface area contributed by atoms with Crippen molar-refractivity contribution in [3.8, 4) is 23.0 Å². The Morgan fingerprint density at radius 1 is 0.434 bits per heavy atom. The lowest BCUT2D eigenvalue weighted by Crippen LogP contribution is -2.49. The first-order chi connectivity index (χ1) is 40.2. The molecule has 6 aromatic rings. The zero-order valence-corrected chi connectivity index (χ0v) is 50.1. The monoisotopic (exact) mass is 1160 g/mol. The third kappa shape index (κ3) is 17.8. The fraction of sp³-hybridized carbons (Fsp3) is 0.516. The predicted octanol–water partition coefficient (Wildman–Crippen LogP) is 7.86. The van der Waals surface area contributed by atoms with Crippen LogP contribution >= 0.6 is 12.4 Å². The topological polar surface area (TPSA) is 236 Å². The van der Waals surface area contributed by atoms with E-state index >= 15 is 0 Å². The van der Waals surface area contributed by atoms with Crippen LogP contribution in [0.2, 0.25) is 0 Å². The molecule has 8 rings (SSSR count). The number of unbranched alkanes of at least 4 members (excludes halogenated alkanes) is 9. The number of nitrogens with one attached hydrogen (secondary N) is 4. The molecule has 2 aliphatic heterocycles. The number of nitrogen functional groups attached to an aromatic ring is 2. The fourth-order valence-corrected chi connectivity index (χ4v) is 10.8. The molecule has 0 radical (unpaired) electrons. The number of carbonyl (C=O) groups excluding carboxylic acids is 2. The minimum atomic E-state index is 0. The van der Waals surface area contributed by atoms with E-state index in [0.29, 0.717) is 134 Å². The summed E-state index contributed by atoms with van der Waals surface area (Å²) < 4.78 is 21.8. The van der Waals surface area contributed by atoms with Crippen LogP contribution in [0.3, 0.4) is 0 Å². The number of nitrogens with two attached hydrogens (primary N) is 2. The molecule has 0 atom stereocenters. The number of benzene rings is 4. The van der Waals surface area contributed by atoms with E-state index in [2.05, 4.69) is 53.2 Å². The first-order valence-corrected chi connectivity index (χ1v) is 29.6. The first kappa shape index (κ1) is 63.6. The molecule has 4 aromatic carbocycles. The van der Waals surface area contributed by atoms with Crippen molar-refractivity contribution in [2.45, 2.75) is 90.1 Å². The molecule has 83 heavy (non-hydrogen) atoms. The van der Waals surface area contributed by atoms with Gasteiger partial charge in [-0.15, -0.1) is 12.4 Å². The molecule has 0 aliphatic carbocycles. The molecule has 2 aliphatic rings. The molecule has 0 unspecified atom stereocenters. The fourth-order valence-electron chi connectivity index (χ4n) is 10.8. The minimum Gasteiger partial charge on any atom is -0.493 e. The van der Waals surface area contributed by atoms with Crippen LogP contribution in [-0.2, 0) is 13.1 Å². The van der Waals surface area contributed by atoms with E-state index in [1.807, 2.05) is 58.3 Å². The summed E-state index contributed by atoms with van der Waals surface area (Å²) in [6.45, 7) is 12.2. The lowest BCUT2D eigenvalue weighted by Gasteiger charge is -2.35. The third-order valence-electron chi connectivity index (χ3n) is 15.6. The van der Waals surface area contributed by atoms with E-state index in [1.165, 1.54) is 64.2 Å². The van der Waals surface area contributed by atoms with E-state index in [-0.39, 0.29) is 24.2 Å². The second-order valence-corrected chi connectivity index (χ2v) is 21.2. The zero-order valence-electron chi connectivity index (χ0n) is 49.3. The number of halogens is 1. The number of rotatable bonds is 33. The second-order valence-electron chi connectivity index (χ2n) is 21.2. The van der Waals surface area contributed by atoms with Crippen LogP contribution in [0, 0.1) is 0 Å². The summed E-state index contributed by atoms with van der Waals surface area (Å²) in [5.41, 5.74) is 17.6. The van der Waals surface area contributed by atoms with Gasteiger partial charge < -0.3 is 71.3 Å². The molecule has 21 heteroatoms. The number of ether oxygens (including phenoxy) is 4. The minimum absolute atomic E-state index is 0. The van der Waals surface area contributed by atoms with Gasteiger partial charge in [-0.05, 0) is 113 Å². The smallest absolute Gasteiger partial charge is 0.254 e. The number of amides is 2. The molecule has 450 valence electrons. The highest BCUT2D eigenvalue weighted by atomic mass is 35.5. The van der Waals surface area contributed by atoms with Gasteiger partial charge >= 0.3 is 0 Å². The molecule has 0 saturated carbocycles. The standard InChI is InChI=1S/C62H88N14O6.ClH/c1-79-53-39-49-51(41-55(53)81-3)69-61(71-57(49)63)75-35-31-73(32-36-75)59(77)47-23-13-11-21-45(47)43-67-29-19-9-7-17-27-65-25-15-5-6-16-26-66-28-18-8-10-20-30-68-44-46-22-12-14-24-48(46)60(78)74-33-37-76(38-34-74)62-70-52-42-56(82-4)54(80-2)40-50(52)58(64)72-62;/h11-14,21-24,39-42,65-68H,5-10,15-20,25-38,43-44H2,1-4H3,(H2,63,69,71)(H2,64,70,72);1H. The van der Waals surface area contributed by atoms with Crippen molar-refractivity contribution >= 4 is 69.6 Å². The van der Waals surface area contributed by atoms with E-state index < -0.39 is 0 Å². The Balaban J connectivity index is 0.00000990. The van der Waals surface area contributed by atoms with Crippen LogP contribution in [0.1, 0.15) is 109 Å². The van der Waals surface area contributed by atoms with Crippen molar-refractivity contribution in [3.05, 3.63) is 95.1 Å². The van der Waals surface area contributed by atoms with Gasteiger partial charge in [0.05, 0.1) is 39.5 Å². The lowest BCUT2D eigenvalue weighted by atomic mass is 10.1. The highest BCUT2D eigenvalue weighted by Crippen LogP contribution is 2.36. The maximum Gasteiger partial charge on any atom is 0.254 e. The number of fused-ring (bicyclic) bond motifs is 2. The van der Waals surface area contributed by atoms with E-state index in [4.69, 9.17) is 40.4 Å². The quantitative estimate of drug-likeness (QED) is 0.0215. The van der Waals surface area contributed by atoms with Crippen molar-refractivity contribution in [2.75, 3.05) is 141 Å². The summed E-state index contributed by atoms with van der Waals surface area (Å²) in [5.74, 6) is 4.25. The molecule has 8 N–H and O–H groups in total. The number of carbonyl (C=O) groups is 2. The number of piperazine rings is 2. The summed E-state index contributed by atoms with van der Waals surface area (Å²) >= 11 is 0. The predicted molar refractivity (Wildman–Crippen MR) is 335 cm³/mol. The van der Waals surface area contributed by atoms with Gasteiger partial charge in [0.2, 0.25) is 11.9 Å². The van der Waals surface area contributed by atoms with Crippen molar-refractivity contribution in [1.82, 2.24) is 51.0 Å². The Hall–Kier alpha value is -6.97. The van der Waals surface area contributed by atoms with Gasteiger partial charge in [-0.2, -0.15) is 9.97 Å². The Labute approximate surface area is 496 Å². The van der Waals surface area contributed by atoms with Crippen molar-refractivity contribution in [2.24, 2.45) is 0 Å². The molecule has 2 fully saturated rings. The maximum atomic E-state index is 13.8. The van der Waals surface area contributed by atoms with Gasteiger partial charge in [0.1, 0.15) is 11.6 Å². The number of hydrogen-bond donors (Lipinski definition) is 6. The van der Waals surface area contributed by atoms with Crippen LogP contribution < -0.4 is 61.5 Å². The highest BCUT2D eigenvalue weighted by molar-refractivity contribution is 5.97. The summed E-state index contributed by atoms with van der Waals surface area (Å²) in [5, 5.41) is 15.9. The zero-order chi connectivity index (χ0) is 57.5. The van der Waals surface area contributed by atoms with Gasteiger partial charge in [-0.3, -0.25) is 9.59 Å². The average molecular weight is 1160 g/mol. The molecule has 2 saturated heterocycles. The average Bonchev–Trinajstić information content (AvgIpc) is 3.51. The van der Waals surface area contributed by atoms with Crippen LogP contribution in [0.5, 0.6) is 23.0 Å². The van der Waals surface area contributed by atoms with Crippen LogP contribution in [-0.4, -0.2) is 162 Å². The molecular weight excluding hydrogens is 1070 g/mol. The SMILES string of the molecule is COc1cc2nc(N3CCN(C(=O)c4ccccc4CNCCCCCCNCCCCCCNCCCCCCNCc4ccccc4C(=O)N4CCN(c5nc(N)c6cc(OC)c(OC)cc6n5)CC4)CC3)nc(N)c2cc1OC.Cl. The van der Waals surface area contributed by atoms with Gasteiger partial charge in [-0.1, -0.05) is 74.9 Å². The largest absolute Gasteiger partial charge is 0.493 e. The van der Waals surface area contributed by atoms with Crippen molar-refractivity contribution in [1.29, 1.82) is 0 Å². The summed E-state index contributed by atoms with van der Waals surface area (Å²) in [6.07, 6.45) is 14.5. The van der Waals surface area contributed by atoms with Crippen molar-refractivity contribution < 1.29 is 28.5 Å². The maximum absolute atomic E-state index is 13.8. The molecular formula is C62H89ClN14O6. The van der Waals surface area contributed by atoms with E-state index in [0.717, 1.165) is 74.4 Å². The number of anilines is 4. The summed E-state index contributed by atoms with van der Waals surface area (Å²) in [7, 11) is 6.36. The molecule has 20 nitrogen and oxygen atoms in total. The van der Waals surface area contributed by atoms with Crippen LogP contribution in [0.25, 0.3) is 21.8 Å². The Morgan fingerprint density at radius 3 is 1.08 bits per heavy atom. The van der Waals surface area contributed by atoms with Gasteiger partial charge in [0, 0.05) is 99.5 Å². The summed E-state index contributed by atoms with van der Waals surface area (Å²) in [4.78, 5) is 54.3. The molecule has 0 bridgehead atoms. The Morgan fingerprint density at radius 2 is 0.747 bits per heavy atom. The van der Waals surface area contributed by atoms with Crippen LogP contribution in [0.4, 0.5) is 23.5 Å².